The zero-order valence-corrected chi connectivity index (χ0v) is 60.4. The van der Waals surface area contributed by atoms with E-state index in [2.05, 4.69) is 48.5 Å². The SMILES string of the molecule is CCCCCCCCCCCC(=O)OC[C@H](COP(=O)(O)OC[C@H](O)COP(=O)(O)OC[C@@H](COC(=O)CCCCCCCCCCCC(C)C)OC(=O)CCCCCCCCCCCCCCCCCCC(C)C)OC(=O)CCCCCCCCCC(C)C. The maximum absolute atomic E-state index is 13.0. The number of rotatable bonds is 69. The molecule has 0 aliphatic rings. The van der Waals surface area contributed by atoms with Crippen molar-refractivity contribution in [1.29, 1.82) is 0 Å². The van der Waals surface area contributed by atoms with E-state index in [4.69, 9.17) is 37.0 Å². The van der Waals surface area contributed by atoms with Crippen LogP contribution in [0.4, 0.5) is 0 Å². The summed E-state index contributed by atoms with van der Waals surface area (Å²) in [4.78, 5) is 72.5. The first kappa shape index (κ1) is 88.1. The number of phosphoric ester groups is 2. The van der Waals surface area contributed by atoms with Crippen molar-refractivity contribution >= 4 is 39.5 Å². The number of carbonyl (C=O) groups excluding carboxylic acids is 4. The highest BCUT2D eigenvalue weighted by atomic mass is 31.2. The van der Waals surface area contributed by atoms with Gasteiger partial charge in [-0.05, 0) is 43.4 Å². The van der Waals surface area contributed by atoms with Gasteiger partial charge in [0, 0.05) is 25.7 Å². The summed E-state index contributed by atoms with van der Waals surface area (Å²) in [5.74, 6) is 0.120. The van der Waals surface area contributed by atoms with Gasteiger partial charge in [0.15, 0.2) is 12.2 Å². The standard InChI is InChI=1S/C71H138O17P2/c1-8-9-10-11-12-22-31-38-45-52-68(73)81-59-67(88-71(76)55-48-41-34-27-30-37-44-51-64(6)7)61-86-90(79,80)84-57-65(72)56-83-89(77,78)85-60-66(58-82-69(74)53-46-39-32-26-21-24-29-36-43-50-63(4)5)87-70(75)54-47-40-33-25-20-18-16-14-13-15-17-19-23-28-35-42-49-62(2)3/h62-67,72H,8-61H2,1-7H3,(H,77,78)(H,79,80)/t65-,66-,67-/m1/s1. The Labute approximate surface area is 549 Å². The zero-order valence-electron chi connectivity index (χ0n) is 58.6. The first-order valence-corrected chi connectivity index (χ1v) is 39.8. The lowest BCUT2D eigenvalue weighted by molar-refractivity contribution is -0.161. The van der Waals surface area contributed by atoms with E-state index < -0.39 is 97.5 Å². The molecule has 0 aliphatic carbocycles. The molecule has 5 atom stereocenters. The third kappa shape index (κ3) is 64.8. The van der Waals surface area contributed by atoms with E-state index in [1.165, 1.54) is 167 Å². The number of aliphatic hydroxyl groups is 1. The number of hydrogen-bond acceptors (Lipinski definition) is 15. The summed E-state index contributed by atoms with van der Waals surface area (Å²) < 4.78 is 68.2. The molecule has 17 nitrogen and oxygen atoms in total. The van der Waals surface area contributed by atoms with Gasteiger partial charge in [0.1, 0.15) is 19.3 Å². The number of unbranched alkanes of at least 4 members (excludes halogenated alkanes) is 37. The van der Waals surface area contributed by atoms with Crippen molar-refractivity contribution in [2.75, 3.05) is 39.6 Å². The van der Waals surface area contributed by atoms with Crippen molar-refractivity contribution in [1.82, 2.24) is 0 Å². The minimum absolute atomic E-state index is 0.103. The highest BCUT2D eigenvalue weighted by molar-refractivity contribution is 7.47. The summed E-state index contributed by atoms with van der Waals surface area (Å²) in [6, 6.07) is 0. The van der Waals surface area contributed by atoms with E-state index in [0.717, 1.165) is 102 Å². The Morgan fingerprint density at radius 3 is 0.756 bits per heavy atom. The number of carbonyl (C=O) groups is 4. The van der Waals surface area contributed by atoms with Gasteiger partial charge < -0.3 is 33.8 Å². The largest absolute Gasteiger partial charge is 0.472 e. The smallest absolute Gasteiger partial charge is 0.462 e. The Balaban J connectivity index is 5.20. The molecule has 0 aromatic heterocycles. The highest BCUT2D eigenvalue weighted by Crippen LogP contribution is 2.45. The summed E-state index contributed by atoms with van der Waals surface area (Å²) in [5, 5.41) is 10.6. The molecule has 0 bridgehead atoms. The Bertz CT molecular complexity index is 1770. The predicted molar refractivity (Wildman–Crippen MR) is 363 cm³/mol. The normalized spacial score (nSPS) is 14.2. The first-order chi connectivity index (χ1) is 43.2. The molecule has 0 aliphatic heterocycles. The summed E-state index contributed by atoms with van der Waals surface area (Å²) in [7, 11) is -9.90. The number of aliphatic hydroxyl groups excluding tert-OH is 1. The van der Waals surface area contributed by atoms with Crippen molar-refractivity contribution < 1.29 is 80.2 Å². The fourth-order valence-electron chi connectivity index (χ4n) is 10.7. The minimum atomic E-state index is -4.95. The van der Waals surface area contributed by atoms with Crippen molar-refractivity contribution in [3.05, 3.63) is 0 Å². The summed E-state index contributed by atoms with van der Waals surface area (Å²) >= 11 is 0. The van der Waals surface area contributed by atoms with Crippen LogP contribution in [-0.4, -0.2) is 96.7 Å². The molecule has 0 aromatic carbocycles. The maximum Gasteiger partial charge on any atom is 0.472 e. The van der Waals surface area contributed by atoms with Gasteiger partial charge >= 0.3 is 39.5 Å². The Kier molecular flexibility index (Phi) is 60.6. The Morgan fingerprint density at radius 1 is 0.300 bits per heavy atom. The van der Waals surface area contributed by atoms with Crippen LogP contribution in [0.3, 0.4) is 0 Å². The van der Waals surface area contributed by atoms with E-state index in [0.29, 0.717) is 31.6 Å². The molecule has 534 valence electrons. The molecule has 0 aromatic rings. The van der Waals surface area contributed by atoms with E-state index in [-0.39, 0.29) is 25.7 Å². The second kappa shape index (κ2) is 61.9. The van der Waals surface area contributed by atoms with Gasteiger partial charge in [0.2, 0.25) is 0 Å². The summed E-state index contributed by atoms with van der Waals surface area (Å²) in [6.07, 6.45) is 46.0. The van der Waals surface area contributed by atoms with Crippen LogP contribution in [0.1, 0.15) is 357 Å². The summed E-state index contributed by atoms with van der Waals surface area (Å²) in [5.41, 5.74) is 0. The average Bonchev–Trinajstić information content (AvgIpc) is 3.56. The van der Waals surface area contributed by atoms with Crippen LogP contribution in [0.2, 0.25) is 0 Å². The molecule has 0 rings (SSSR count). The monoisotopic (exact) mass is 1320 g/mol. The number of esters is 4. The Hall–Kier alpha value is -1.94. The van der Waals surface area contributed by atoms with Crippen molar-refractivity contribution in [2.24, 2.45) is 17.8 Å². The van der Waals surface area contributed by atoms with Crippen molar-refractivity contribution in [3.63, 3.8) is 0 Å². The first-order valence-electron chi connectivity index (χ1n) is 36.8. The van der Waals surface area contributed by atoms with Crippen LogP contribution in [0, 0.1) is 17.8 Å². The van der Waals surface area contributed by atoms with Crippen LogP contribution in [-0.2, 0) is 65.4 Å². The number of phosphoric acid groups is 2. The molecule has 0 amide bonds. The fraction of sp³-hybridized carbons (Fsp3) is 0.944. The molecule has 0 heterocycles. The lowest BCUT2D eigenvalue weighted by Gasteiger charge is -2.21. The quantitative estimate of drug-likeness (QED) is 0.0222. The van der Waals surface area contributed by atoms with E-state index in [9.17, 15) is 43.2 Å². The van der Waals surface area contributed by atoms with Crippen molar-refractivity contribution in [3.8, 4) is 0 Å². The second-order valence-electron chi connectivity index (χ2n) is 27.1. The molecule has 0 saturated carbocycles. The molecule has 3 N–H and O–H groups in total. The van der Waals surface area contributed by atoms with Crippen LogP contribution in [0.5, 0.6) is 0 Å². The molecule has 0 spiro atoms. The third-order valence-corrected chi connectivity index (χ3v) is 18.3. The molecule has 0 saturated heterocycles. The van der Waals surface area contributed by atoms with E-state index in [1.807, 2.05) is 0 Å². The average molecular weight is 1330 g/mol. The molecule has 19 heteroatoms. The highest BCUT2D eigenvalue weighted by Gasteiger charge is 2.30. The predicted octanol–water partition coefficient (Wildman–Crippen LogP) is 20.2. The van der Waals surface area contributed by atoms with Crippen LogP contribution >= 0.6 is 15.6 Å². The van der Waals surface area contributed by atoms with Crippen LogP contribution in [0.25, 0.3) is 0 Å². The topological polar surface area (TPSA) is 237 Å². The second-order valence-corrected chi connectivity index (χ2v) is 30.0. The Morgan fingerprint density at radius 2 is 0.511 bits per heavy atom. The number of ether oxygens (including phenoxy) is 4. The zero-order chi connectivity index (χ0) is 66.6. The lowest BCUT2D eigenvalue weighted by Crippen LogP contribution is -2.30. The molecule has 0 radical (unpaired) electrons. The third-order valence-electron chi connectivity index (χ3n) is 16.4. The molecular formula is C71H138O17P2. The molecule has 2 unspecified atom stereocenters. The van der Waals surface area contributed by atoms with Gasteiger partial charge in [0.05, 0.1) is 26.4 Å². The van der Waals surface area contributed by atoms with Gasteiger partial charge in [0.25, 0.3) is 0 Å². The maximum atomic E-state index is 13.0. The van der Waals surface area contributed by atoms with E-state index >= 15 is 0 Å². The van der Waals surface area contributed by atoms with Crippen molar-refractivity contribution in [2.45, 2.75) is 375 Å². The molecule has 90 heavy (non-hydrogen) atoms. The fourth-order valence-corrected chi connectivity index (χ4v) is 12.3. The summed E-state index contributed by atoms with van der Waals surface area (Å²) in [6.45, 7) is 11.8. The molecular weight excluding hydrogens is 1190 g/mol. The van der Waals surface area contributed by atoms with Gasteiger partial charge in [-0.15, -0.1) is 0 Å². The van der Waals surface area contributed by atoms with Gasteiger partial charge in [-0.1, -0.05) is 305 Å². The van der Waals surface area contributed by atoms with Gasteiger partial charge in [-0.2, -0.15) is 0 Å². The lowest BCUT2D eigenvalue weighted by atomic mass is 10.0. The van der Waals surface area contributed by atoms with Crippen LogP contribution in [0.15, 0.2) is 0 Å². The van der Waals surface area contributed by atoms with Gasteiger partial charge in [-0.3, -0.25) is 37.3 Å². The van der Waals surface area contributed by atoms with Crippen LogP contribution < -0.4 is 0 Å². The molecule has 0 fully saturated rings. The minimum Gasteiger partial charge on any atom is -0.462 e. The number of hydrogen-bond donors (Lipinski definition) is 3. The van der Waals surface area contributed by atoms with Gasteiger partial charge in [-0.25, -0.2) is 9.13 Å². The van der Waals surface area contributed by atoms with E-state index in [1.54, 1.807) is 0 Å².